The number of aromatic nitrogens is 4. The van der Waals surface area contributed by atoms with Gasteiger partial charge < -0.3 is 29.5 Å². The number of aliphatic hydroxyl groups is 3. The molecule has 34 heavy (non-hydrogen) atoms. The van der Waals surface area contributed by atoms with Gasteiger partial charge in [0.25, 0.3) is 0 Å². The van der Waals surface area contributed by atoms with E-state index in [1.807, 2.05) is 6.92 Å². The van der Waals surface area contributed by atoms with Gasteiger partial charge >= 0.3 is 13.2 Å². The molecule has 4 N–H and O–H groups in total. The molecule has 4 heterocycles. The van der Waals surface area contributed by atoms with Crippen molar-refractivity contribution in [1.82, 2.24) is 14.5 Å². The maximum atomic E-state index is 12.6. The van der Waals surface area contributed by atoms with Crippen molar-refractivity contribution >= 4 is 30.4 Å². The molecule has 14 heteroatoms. The Kier molecular flexibility index (Phi) is 6.13. The van der Waals surface area contributed by atoms with Crippen LogP contribution in [0.25, 0.3) is 11.2 Å². The molecule has 0 bridgehead atoms. The quantitative estimate of drug-likeness (QED) is 0.310. The molecule has 6 unspecified atom stereocenters. The van der Waals surface area contributed by atoms with Crippen LogP contribution in [0.3, 0.4) is 0 Å². The van der Waals surface area contributed by atoms with E-state index >= 15 is 0 Å². The predicted octanol–water partition coefficient (Wildman–Crippen LogP) is 0.459. The Hall–Kier alpha value is -1.99. The van der Waals surface area contributed by atoms with Crippen LogP contribution in [-0.2, 0) is 13.8 Å². The molecule has 188 valence electrons. The standard InChI is InChI=1S/C20H31N6O7P/c1-7-20(5,33-34(30,31)19(3,4)29)8-12-14(27)15(28)18(32-12)26-10-25-11(2)23-24(6)16-13(25)17(26)22-9-21-16/h9-10,12,14-15,18,27-29H,7-8H2,1-6H3/p+1. The van der Waals surface area contributed by atoms with E-state index in [0.717, 1.165) is 0 Å². The summed E-state index contributed by atoms with van der Waals surface area (Å²) in [5.41, 5.74) is -0.0493. The fourth-order valence-electron chi connectivity index (χ4n) is 4.19. The van der Waals surface area contributed by atoms with E-state index in [1.165, 1.54) is 20.2 Å². The normalized spacial score (nSPS) is 28.6. The highest BCUT2D eigenvalue weighted by atomic mass is 31.2. The van der Waals surface area contributed by atoms with E-state index in [1.54, 1.807) is 41.4 Å². The van der Waals surface area contributed by atoms with Crippen LogP contribution >= 0.6 is 7.60 Å². The van der Waals surface area contributed by atoms with Crippen molar-refractivity contribution in [2.45, 2.75) is 82.9 Å². The summed E-state index contributed by atoms with van der Waals surface area (Å²) < 4.78 is 27.6. The molecule has 13 nitrogen and oxygen atoms in total. The van der Waals surface area contributed by atoms with Gasteiger partial charge in [0, 0.05) is 20.4 Å². The summed E-state index contributed by atoms with van der Waals surface area (Å²) in [5.74, 6) is 1.24. The predicted molar refractivity (Wildman–Crippen MR) is 121 cm³/mol. The van der Waals surface area contributed by atoms with Gasteiger partial charge in [-0.15, -0.1) is 5.10 Å². The third-order valence-corrected chi connectivity index (χ3v) is 8.56. The second-order valence-electron chi connectivity index (χ2n) is 9.59. The molecule has 0 radical (unpaired) electrons. The van der Waals surface area contributed by atoms with Gasteiger partial charge in [0.15, 0.2) is 29.7 Å². The number of aliphatic hydroxyl groups excluding tert-OH is 2. The molecule has 0 spiro atoms. The molecule has 2 aromatic rings. The fourth-order valence-corrected chi connectivity index (χ4v) is 5.22. The number of hydrogen-bond donors (Lipinski definition) is 4. The van der Waals surface area contributed by atoms with Gasteiger partial charge in [-0.05, 0) is 27.2 Å². The lowest BCUT2D eigenvalue weighted by Gasteiger charge is -2.36. The number of ether oxygens (including phenoxy) is 1. The third kappa shape index (κ3) is 4.05. The van der Waals surface area contributed by atoms with Gasteiger partial charge in [-0.2, -0.15) is 4.98 Å². The fraction of sp³-hybridized carbons (Fsp3) is 0.700. The third-order valence-electron chi connectivity index (χ3n) is 6.49. The van der Waals surface area contributed by atoms with Crippen molar-refractivity contribution in [2.24, 2.45) is 5.10 Å². The van der Waals surface area contributed by atoms with E-state index in [-0.39, 0.29) is 6.42 Å². The first-order valence-electron chi connectivity index (χ1n) is 11.0. The van der Waals surface area contributed by atoms with Crippen LogP contribution in [0.1, 0.15) is 53.7 Å². The second-order valence-corrected chi connectivity index (χ2v) is 11.9. The van der Waals surface area contributed by atoms with Crippen LogP contribution in [0.4, 0.5) is 5.82 Å². The van der Waals surface area contributed by atoms with Crippen molar-refractivity contribution in [1.29, 1.82) is 0 Å². The molecule has 4 rings (SSSR count). The summed E-state index contributed by atoms with van der Waals surface area (Å²) in [4.78, 5) is 18.9. The lowest BCUT2D eigenvalue weighted by Crippen LogP contribution is -2.46. The van der Waals surface area contributed by atoms with Gasteiger partial charge in [0.05, 0.1) is 11.7 Å². The lowest BCUT2D eigenvalue weighted by atomic mass is 9.93. The summed E-state index contributed by atoms with van der Waals surface area (Å²) in [5, 5.41) is 35.8. The van der Waals surface area contributed by atoms with Crippen molar-refractivity contribution in [3.8, 4) is 0 Å². The highest BCUT2D eigenvalue weighted by molar-refractivity contribution is 7.54. The van der Waals surface area contributed by atoms with Crippen LogP contribution in [-0.4, -0.2) is 76.9 Å². The highest BCUT2D eigenvalue weighted by Gasteiger charge is 2.51. The van der Waals surface area contributed by atoms with Crippen LogP contribution in [0.5, 0.6) is 0 Å². The molecule has 6 atom stereocenters. The average molecular weight is 499 g/mol. The monoisotopic (exact) mass is 499 g/mol. The Balaban J connectivity index is 1.64. The molecule has 0 amide bonds. The smallest absolute Gasteiger partial charge is 0.359 e. The van der Waals surface area contributed by atoms with Crippen LogP contribution in [0.15, 0.2) is 17.8 Å². The van der Waals surface area contributed by atoms with Crippen LogP contribution in [0.2, 0.25) is 0 Å². The zero-order valence-electron chi connectivity index (χ0n) is 20.0. The summed E-state index contributed by atoms with van der Waals surface area (Å²) in [7, 11) is -2.64. The number of hydrazone groups is 1. The number of hydrogen-bond acceptors (Lipinski definition) is 10. The number of imidazole rings is 1. The first kappa shape index (κ1) is 25.1. The molecule has 2 aliphatic heterocycles. The van der Waals surface area contributed by atoms with Crippen LogP contribution in [0, 0.1) is 0 Å². The largest absolute Gasteiger partial charge is 0.387 e. The van der Waals surface area contributed by atoms with Crippen LogP contribution < -0.4 is 9.58 Å². The first-order chi connectivity index (χ1) is 15.7. The molecule has 2 aliphatic rings. The first-order valence-corrected chi connectivity index (χ1v) is 12.6. The number of anilines is 1. The van der Waals surface area contributed by atoms with E-state index in [9.17, 15) is 24.8 Å². The number of rotatable bonds is 7. The molecule has 2 aromatic heterocycles. The maximum absolute atomic E-state index is 12.6. The topological polar surface area (TPSA) is 167 Å². The van der Waals surface area contributed by atoms with Crippen molar-refractivity contribution in [2.75, 3.05) is 12.1 Å². The molecule has 0 saturated carbocycles. The summed E-state index contributed by atoms with van der Waals surface area (Å²) in [6.07, 6.45) is -1.14. The molecular formula is C20H32N6O7P+. The molecule has 1 saturated heterocycles. The average Bonchev–Trinajstić information content (AvgIpc) is 3.25. The zero-order valence-corrected chi connectivity index (χ0v) is 20.9. The summed E-state index contributed by atoms with van der Waals surface area (Å²) >= 11 is 0. The highest BCUT2D eigenvalue weighted by Crippen LogP contribution is 2.57. The Labute approximate surface area is 196 Å². The maximum Gasteiger partial charge on any atom is 0.359 e. The van der Waals surface area contributed by atoms with Crippen molar-refractivity contribution in [3.05, 3.63) is 12.7 Å². The van der Waals surface area contributed by atoms with Crippen molar-refractivity contribution < 1.29 is 38.6 Å². The van der Waals surface area contributed by atoms with Gasteiger partial charge in [-0.25, -0.2) is 14.1 Å². The second kappa shape index (κ2) is 8.30. The van der Waals surface area contributed by atoms with Crippen molar-refractivity contribution in [3.63, 3.8) is 0 Å². The summed E-state index contributed by atoms with van der Waals surface area (Å²) in [6.45, 7) is 7.58. The van der Waals surface area contributed by atoms with E-state index in [0.29, 0.717) is 29.2 Å². The Morgan fingerprint density at radius 1 is 1.26 bits per heavy atom. The Morgan fingerprint density at radius 3 is 2.56 bits per heavy atom. The van der Waals surface area contributed by atoms with Gasteiger partial charge in [0.2, 0.25) is 11.7 Å². The number of nitrogens with zero attached hydrogens (tertiary/aromatic N) is 6. The van der Waals surface area contributed by atoms with Gasteiger partial charge in [0.1, 0.15) is 12.2 Å². The lowest BCUT2D eigenvalue weighted by molar-refractivity contribution is -0.745. The molecule has 0 aliphatic carbocycles. The van der Waals surface area contributed by atoms with Gasteiger partial charge in [-0.1, -0.05) is 11.9 Å². The van der Waals surface area contributed by atoms with E-state index in [2.05, 4.69) is 15.1 Å². The molecular weight excluding hydrogens is 467 g/mol. The SMILES string of the molecule is CCC(C)(CC1OC([n+]2cn3c4c(ncnc42)N(C)N=C3C)C(O)C1O)OP(=O)(O)C(C)(C)O. The Morgan fingerprint density at radius 2 is 1.94 bits per heavy atom. The van der Waals surface area contributed by atoms with E-state index < -0.39 is 43.1 Å². The molecule has 1 fully saturated rings. The Bertz CT molecular complexity index is 1180. The van der Waals surface area contributed by atoms with Gasteiger partial charge in [-0.3, -0.25) is 4.57 Å². The minimum Gasteiger partial charge on any atom is -0.387 e. The molecule has 0 aromatic carbocycles. The minimum atomic E-state index is -4.41. The summed E-state index contributed by atoms with van der Waals surface area (Å²) in [6, 6.07) is 0. The zero-order chi connectivity index (χ0) is 25.2. The van der Waals surface area contributed by atoms with E-state index in [4.69, 9.17) is 9.26 Å². The minimum absolute atomic E-state index is 0.00150.